The SMILES string of the molecule is N#CC1CNCCN1Cc1cc(F)ccc1Cl. The van der Waals surface area contributed by atoms with Gasteiger partial charge in [-0.1, -0.05) is 11.6 Å². The van der Waals surface area contributed by atoms with Crippen LogP contribution in [-0.4, -0.2) is 30.6 Å². The Balaban J connectivity index is 2.14. The number of benzene rings is 1. The Morgan fingerprint density at radius 3 is 3.18 bits per heavy atom. The lowest BCUT2D eigenvalue weighted by atomic mass is 10.1. The summed E-state index contributed by atoms with van der Waals surface area (Å²) < 4.78 is 13.1. The van der Waals surface area contributed by atoms with Gasteiger partial charge in [0.2, 0.25) is 0 Å². The molecule has 0 saturated carbocycles. The van der Waals surface area contributed by atoms with E-state index in [1.165, 1.54) is 12.1 Å². The maximum absolute atomic E-state index is 13.1. The van der Waals surface area contributed by atoms with Crippen LogP contribution in [0.2, 0.25) is 5.02 Å². The minimum Gasteiger partial charge on any atom is -0.313 e. The van der Waals surface area contributed by atoms with Gasteiger partial charge >= 0.3 is 0 Å². The number of nitrogens with one attached hydrogen (secondary N) is 1. The quantitative estimate of drug-likeness (QED) is 0.873. The van der Waals surface area contributed by atoms with Crippen LogP contribution in [0.4, 0.5) is 4.39 Å². The zero-order valence-electron chi connectivity index (χ0n) is 9.29. The summed E-state index contributed by atoms with van der Waals surface area (Å²) in [5.74, 6) is -0.298. The van der Waals surface area contributed by atoms with Gasteiger partial charge in [-0.05, 0) is 23.8 Å². The molecule has 0 spiro atoms. The molecule has 90 valence electrons. The van der Waals surface area contributed by atoms with Crippen molar-refractivity contribution in [2.75, 3.05) is 19.6 Å². The van der Waals surface area contributed by atoms with Crippen LogP contribution < -0.4 is 5.32 Å². The molecule has 1 N–H and O–H groups in total. The number of hydrogen-bond acceptors (Lipinski definition) is 3. The molecule has 2 rings (SSSR count). The first-order valence-corrected chi connectivity index (χ1v) is 5.87. The highest BCUT2D eigenvalue weighted by Crippen LogP contribution is 2.20. The van der Waals surface area contributed by atoms with Crippen molar-refractivity contribution in [3.63, 3.8) is 0 Å². The van der Waals surface area contributed by atoms with E-state index in [9.17, 15) is 4.39 Å². The van der Waals surface area contributed by atoms with Gasteiger partial charge in [0, 0.05) is 31.2 Å². The van der Waals surface area contributed by atoms with Gasteiger partial charge in [-0.2, -0.15) is 5.26 Å². The summed E-state index contributed by atoms with van der Waals surface area (Å²) in [6.07, 6.45) is 0. The lowest BCUT2D eigenvalue weighted by Crippen LogP contribution is -2.50. The van der Waals surface area contributed by atoms with Crippen molar-refractivity contribution < 1.29 is 4.39 Å². The summed E-state index contributed by atoms with van der Waals surface area (Å²) in [6, 6.07) is 6.38. The monoisotopic (exact) mass is 253 g/mol. The maximum Gasteiger partial charge on any atom is 0.123 e. The molecular weight excluding hydrogens is 241 g/mol. The molecule has 1 fully saturated rings. The second kappa shape index (κ2) is 5.46. The molecule has 5 heteroatoms. The largest absolute Gasteiger partial charge is 0.313 e. The van der Waals surface area contributed by atoms with Crippen LogP contribution in [0.3, 0.4) is 0 Å². The van der Waals surface area contributed by atoms with E-state index in [1.807, 2.05) is 4.90 Å². The standard InChI is InChI=1S/C12H13ClFN3/c13-12-2-1-10(14)5-9(12)8-17-4-3-16-7-11(17)6-15/h1-2,5,11,16H,3-4,7-8H2. The van der Waals surface area contributed by atoms with E-state index in [0.29, 0.717) is 18.1 Å². The highest BCUT2D eigenvalue weighted by atomic mass is 35.5. The number of rotatable bonds is 2. The average molecular weight is 254 g/mol. The number of nitrogens with zero attached hydrogens (tertiary/aromatic N) is 2. The lowest BCUT2D eigenvalue weighted by Gasteiger charge is -2.32. The Kier molecular flexibility index (Phi) is 3.95. The van der Waals surface area contributed by atoms with Crippen molar-refractivity contribution in [2.45, 2.75) is 12.6 Å². The van der Waals surface area contributed by atoms with E-state index >= 15 is 0 Å². The number of hydrogen-bond donors (Lipinski definition) is 1. The second-order valence-corrected chi connectivity index (χ2v) is 4.46. The predicted molar refractivity (Wildman–Crippen MR) is 64.1 cm³/mol. The van der Waals surface area contributed by atoms with Gasteiger partial charge in [-0.3, -0.25) is 4.90 Å². The van der Waals surface area contributed by atoms with Crippen molar-refractivity contribution in [3.05, 3.63) is 34.6 Å². The summed E-state index contributed by atoms with van der Waals surface area (Å²) in [4.78, 5) is 2.01. The Labute approximate surface area is 105 Å². The van der Waals surface area contributed by atoms with E-state index in [2.05, 4.69) is 11.4 Å². The molecule has 1 aliphatic rings. The smallest absolute Gasteiger partial charge is 0.123 e. The molecule has 0 radical (unpaired) electrons. The number of halogens is 2. The molecule has 1 aromatic carbocycles. The van der Waals surface area contributed by atoms with Crippen LogP contribution in [0, 0.1) is 17.1 Å². The molecule has 17 heavy (non-hydrogen) atoms. The number of nitriles is 1. The third-order valence-corrected chi connectivity index (χ3v) is 3.25. The van der Waals surface area contributed by atoms with Crippen LogP contribution in [0.25, 0.3) is 0 Å². The predicted octanol–water partition coefficient (Wildman–Crippen LogP) is 1.78. The molecular formula is C12H13ClFN3. The van der Waals surface area contributed by atoms with Crippen molar-refractivity contribution >= 4 is 11.6 Å². The van der Waals surface area contributed by atoms with Crippen molar-refractivity contribution in [3.8, 4) is 6.07 Å². The normalized spacial score (nSPS) is 21.1. The van der Waals surface area contributed by atoms with Gasteiger partial charge in [0.15, 0.2) is 0 Å². The molecule has 0 amide bonds. The third kappa shape index (κ3) is 2.95. The fraction of sp³-hybridized carbons (Fsp3) is 0.417. The first kappa shape index (κ1) is 12.3. The van der Waals surface area contributed by atoms with E-state index < -0.39 is 0 Å². The molecule has 0 aromatic heterocycles. The van der Waals surface area contributed by atoms with E-state index in [-0.39, 0.29) is 11.9 Å². The highest BCUT2D eigenvalue weighted by molar-refractivity contribution is 6.31. The van der Waals surface area contributed by atoms with E-state index in [1.54, 1.807) is 6.07 Å². The van der Waals surface area contributed by atoms with E-state index in [0.717, 1.165) is 18.7 Å². The zero-order valence-corrected chi connectivity index (χ0v) is 10.0. The molecule has 1 heterocycles. The maximum atomic E-state index is 13.1. The van der Waals surface area contributed by atoms with Gasteiger partial charge in [-0.15, -0.1) is 0 Å². The molecule has 1 saturated heterocycles. The minimum atomic E-state index is -0.298. The van der Waals surface area contributed by atoms with Gasteiger partial charge in [0.05, 0.1) is 6.07 Å². The van der Waals surface area contributed by atoms with Gasteiger partial charge in [-0.25, -0.2) is 4.39 Å². The van der Waals surface area contributed by atoms with Crippen molar-refractivity contribution in [2.24, 2.45) is 0 Å². The van der Waals surface area contributed by atoms with Crippen LogP contribution in [0.5, 0.6) is 0 Å². The van der Waals surface area contributed by atoms with Crippen LogP contribution in [0.15, 0.2) is 18.2 Å². The summed E-state index contributed by atoms with van der Waals surface area (Å²) in [5.41, 5.74) is 0.730. The fourth-order valence-electron chi connectivity index (χ4n) is 1.95. The van der Waals surface area contributed by atoms with Crippen molar-refractivity contribution in [1.29, 1.82) is 5.26 Å². The highest BCUT2D eigenvalue weighted by Gasteiger charge is 2.22. The molecule has 3 nitrogen and oxygen atoms in total. The second-order valence-electron chi connectivity index (χ2n) is 4.06. The van der Waals surface area contributed by atoms with Crippen LogP contribution >= 0.6 is 11.6 Å². The van der Waals surface area contributed by atoms with Crippen molar-refractivity contribution in [1.82, 2.24) is 10.2 Å². The Bertz CT molecular complexity index is 444. The van der Waals surface area contributed by atoms with Gasteiger partial charge < -0.3 is 5.32 Å². The molecule has 1 unspecified atom stereocenters. The Hall–Kier alpha value is -1.15. The topological polar surface area (TPSA) is 39.1 Å². The van der Waals surface area contributed by atoms with E-state index in [4.69, 9.17) is 16.9 Å². The van der Waals surface area contributed by atoms with Crippen LogP contribution in [-0.2, 0) is 6.54 Å². The molecule has 0 aliphatic carbocycles. The van der Waals surface area contributed by atoms with Crippen LogP contribution in [0.1, 0.15) is 5.56 Å². The fourth-order valence-corrected chi connectivity index (χ4v) is 2.12. The Morgan fingerprint density at radius 1 is 1.59 bits per heavy atom. The molecule has 0 bridgehead atoms. The lowest BCUT2D eigenvalue weighted by molar-refractivity contribution is 0.189. The third-order valence-electron chi connectivity index (χ3n) is 2.88. The summed E-state index contributed by atoms with van der Waals surface area (Å²) in [6.45, 7) is 2.76. The molecule has 1 aromatic rings. The average Bonchev–Trinajstić information content (AvgIpc) is 2.34. The summed E-state index contributed by atoms with van der Waals surface area (Å²) >= 11 is 6.01. The first-order valence-electron chi connectivity index (χ1n) is 5.49. The Morgan fingerprint density at radius 2 is 2.41 bits per heavy atom. The molecule has 1 aliphatic heterocycles. The zero-order chi connectivity index (χ0) is 12.3. The first-order chi connectivity index (χ1) is 8.20. The number of piperazine rings is 1. The van der Waals surface area contributed by atoms with Gasteiger partial charge in [0.1, 0.15) is 11.9 Å². The van der Waals surface area contributed by atoms with Gasteiger partial charge in [0.25, 0.3) is 0 Å². The summed E-state index contributed by atoms with van der Waals surface area (Å²) in [7, 11) is 0. The summed E-state index contributed by atoms with van der Waals surface area (Å²) in [5, 5.41) is 12.7. The minimum absolute atomic E-state index is 0.178. The molecule has 1 atom stereocenters.